The van der Waals surface area contributed by atoms with Crippen LogP contribution in [-0.2, 0) is 19.1 Å². The fraction of sp³-hybridized carbons (Fsp3) is 0.769. The van der Waals surface area contributed by atoms with E-state index in [4.69, 9.17) is 4.74 Å². The molecule has 0 radical (unpaired) electrons. The van der Waals surface area contributed by atoms with E-state index in [1.165, 1.54) is 19.3 Å². The van der Waals surface area contributed by atoms with Crippen molar-refractivity contribution >= 4 is 23.6 Å². The van der Waals surface area contributed by atoms with Crippen LogP contribution in [0.5, 0.6) is 0 Å². The number of hydrogen-bond acceptors (Lipinski definition) is 6. The Labute approximate surface area is 202 Å². The van der Waals surface area contributed by atoms with Gasteiger partial charge in [-0.05, 0) is 70.1 Å². The lowest BCUT2D eigenvalue weighted by atomic mass is 9.82. The molecule has 0 aromatic carbocycles. The standard InChI is InChI=1S/C26H39N3O5/c1-3-34-26(33)17-11-12-20(28-18-7-5-4-6-8-18)19(14-17)23(27-2)24(30)29-22-16-10-9-15(13-16)21(22)25(31)32/h15-18,21-22,28H,3-14H2,1-2H3,(H,29,30)(H,31,32). The van der Waals surface area contributed by atoms with Crippen LogP contribution in [0.2, 0.25) is 0 Å². The van der Waals surface area contributed by atoms with Gasteiger partial charge in [0.2, 0.25) is 0 Å². The second-order valence-electron chi connectivity index (χ2n) is 10.4. The summed E-state index contributed by atoms with van der Waals surface area (Å²) >= 11 is 0. The van der Waals surface area contributed by atoms with Crippen LogP contribution >= 0.6 is 0 Å². The number of amides is 1. The lowest BCUT2D eigenvalue weighted by molar-refractivity contribution is -0.148. The normalized spacial score (nSPS) is 31.9. The monoisotopic (exact) mass is 473 g/mol. The zero-order chi connectivity index (χ0) is 24.2. The second kappa shape index (κ2) is 10.9. The van der Waals surface area contributed by atoms with Crippen LogP contribution in [0.1, 0.15) is 77.6 Å². The minimum absolute atomic E-state index is 0.139. The Morgan fingerprint density at radius 3 is 2.47 bits per heavy atom. The summed E-state index contributed by atoms with van der Waals surface area (Å²) in [5, 5.41) is 16.5. The van der Waals surface area contributed by atoms with Gasteiger partial charge in [-0.2, -0.15) is 0 Å². The van der Waals surface area contributed by atoms with Crippen molar-refractivity contribution in [3.63, 3.8) is 0 Å². The van der Waals surface area contributed by atoms with Gasteiger partial charge < -0.3 is 20.5 Å². The van der Waals surface area contributed by atoms with E-state index in [2.05, 4.69) is 15.6 Å². The molecule has 0 aromatic heterocycles. The number of fused-ring (bicyclic) bond motifs is 2. The summed E-state index contributed by atoms with van der Waals surface area (Å²) in [5.74, 6) is -1.87. The molecule has 4 aliphatic rings. The first kappa shape index (κ1) is 24.7. The summed E-state index contributed by atoms with van der Waals surface area (Å²) < 4.78 is 5.28. The Kier molecular flexibility index (Phi) is 7.94. The van der Waals surface area contributed by atoms with Gasteiger partial charge in [0.15, 0.2) is 0 Å². The van der Waals surface area contributed by atoms with Crippen LogP contribution in [0, 0.1) is 23.7 Å². The van der Waals surface area contributed by atoms with Gasteiger partial charge >= 0.3 is 11.9 Å². The SMILES string of the molecule is CCOC(=O)C1CCC(NC2CCCCC2)=C(C(=NC)C(=O)NC2C3CCC(C3)C2C(=O)O)C1. The minimum Gasteiger partial charge on any atom is -0.481 e. The summed E-state index contributed by atoms with van der Waals surface area (Å²) in [4.78, 5) is 42.3. The smallest absolute Gasteiger partial charge is 0.309 e. The van der Waals surface area contributed by atoms with E-state index >= 15 is 0 Å². The first-order valence-electron chi connectivity index (χ1n) is 13.1. The Morgan fingerprint density at radius 1 is 1.06 bits per heavy atom. The molecular formula is C26H39N3O5. The molecule has 4 aliphatic carbocycles. The summed E-state index contributed by atoms with van der Waals surface area (Å²) in [7, 11) is 1.60. The molecule has 8 heteroatoms. The van der Waals surface area contributed by atoms with Gasteiger partial charge in [-0.25, -0.2) is 0 Å². The molecule has 1 amide bonds. The van der Waals surface area contributed by atoms with Crippen molar-refractivity contribution in [2.24, 2.45) is 28.7 Å². The van der Waals surface area contributed by atoms with Crippen molar-refractivity contribution in [3.05, 3.63) is 11.3 Å². The van der Waals surface area contributed by atoms with Crippen molar-refractivity contribution < 1.29 is 24.2 Å². The van der Waals surface area contributed by atoms with E-state index in [9.17, 15) is 19.5 Å². The second-order valence-corrected chi connectivity index (χ2v) is 10.4. The highest BCUT2D eigenvalue weighted by Gasteiger charge is 2.52. The van der Waals surface area contributed by atoms with Gasteiger partial charge in [-0.3, -0.25) is 19.4 Å². The highest BCUT2D eigenvalue weighted by Crippen LogP contribution is 2.48. The fourth-order valence-corrected chi connectivity index (χ4v) is 6.74. The van der Waals surface area contributed by atoms with E-state index in [-0.39, 0.29) is 35.7 Å². The third-order valence-corrected chi connectivity index (χ3v) is 8.38. The number of carbonyl (C=O) groups is 3. The average Bonchev–Trinajstić information content (AvgIpc) is 3.43. The molecule has 4 rings (SSSR count). The molecule has 0 saturated heterocycles. The van der Waals surface area contributed by atoms with E-state index in [1.807, 2.05) is 0 Å². The molecule has 5 unspecified atom stereocenters. The predicted octanol–water partition coefficient (Wildman–Crippen LogP) is 3.21. The van der Waals surface area contributed by atoms with Crippen LogP contribution in [0.15, 0.2) is 16.3 Å². The van der Waals surface area contributed by atoms with Crippen LogP contribution in [0.4, 0.5) is 0 Å². The summed E-state index contributed by atoms with van der Waals surface area (Å²) in [6.45, 7) is 2.13. The molecular weight excluding hydrogens is 434 g/mol. The van der Waals surface area contributed by atoms with E-state index in [0.29, 0.717) is 37.6 Å². The van der Waals surface area contributed by atoms with Gasteiger partial charge in [-0.1, -0.05) is 19.3 Å². The molecule has 5 atom stereocenters. The summed E-state index contributed by atoms with van der Waals surface area (Å²) in [6.07, 6.45) is 10.4. The predicted molar refractivity (Wildman–Crippen MR) is 128 cm³/mol. The molecule has 2 bridgehead atoms. The zero-order valence-corrected chi connectivity index (χ0v) is 20.5. The number of allylic oxidation sites excluding steroid dienone is 1. The topological polar surface area (TPSA) is 117 Å². The van der Waals surface area contributed by atoms with Crippen LogP contribution in [0.25, 0.3) is 0 Å². The third-order valence-electron chi connectivity index (χ3n) is 8.38. The van der Waals surface area contributed by atoms with Crippen molar-refractivity contribution in [2.45, 2.75) is 89.6 Å². The molecule has 0 aromatic rings. The first-order chi connectivity index (χ1) is 16.4. The zero-order valence-electron chi connectivity index (χ0n) is 20.5. The van der Waals surface area contributed by atoms with Crippen molar-refractivity contribution in [2.75, 3.05) is 13.7 Å². The van der Waals surface area contributed by atoms with Crippen molar-refractivity contribution in [3.8, 4) is 0 Å². The molecule has 3 fully saturated rings. The maximum absolute atomic E-state index is 13.5. The number of nitrogens with zero attached hydrogens (tertiary/aromatic N) is 1. The fourth-order valence-electron chi connectivity index (χ4n) is 6.74. The highest BCUT2D eigenvalue weighted by atomic mass is 16.5. The number of rotatable bonds is 8. The number of aliphatic imine (C=N–C) groups is 1. The molecule has 0 heterocycles. The molecule has 3 N–H and O–H groups in total. The van der Waals surface area contributed by atoms with Crippen molar-refractivity contribution in [1.29, 1.82) is 0 Å². The number of carboxylic acid groups (broad SMARTS) is 1. The number of nitrogens with one attached hydrogen (secondary N) is 2. The van der Waals surface area contributed by atoms with Crippen LogP contribution in [-0.4, -0.2) is 54.4 Å². The average molecular weight is 474 g/mol. The van der Waals surface area contributed by atoms with E-state index < -0.39 is 11.9 Å². The number of esters is 1. The van der Waals surface area contributed by atoms with E-state index in [0.717, 1.165) is 43.4 Å². The minimum atomic E-state index is -0.827. The third kappa shape index (κ3) is 5.15. The van der Waals surface area contributed by atoms with Gasteiger partial charge in [0.1, 0.15) is 5.71 Å². The van der Waals surface area contributed by atoms with Crippen LogP contribution in [0.3, 0.4) is 0 Å². The summed E-state index contributed by atoms with van der Waals surface area (Å²) in [6, 6.07) is 0.0151. The molecule has 8 nitrogen and oxygen atoms in total. The van der Waals surface area contributed by atoms with Crippen LogP contribution < -0.4 is 10.6 Å². The number of hydrogen-bond donors (Lipinski definition) is 3. The maximum atomic E-state index is 13.5. The molecule has 34 heavy (non-hydrogen) atoms. The summed E-state index contributed by atoms with van der Waals surface area (Å²) in [5.41, 5.74) is 2.11. The lowest BCUT2D eigenvalue weighted by Gasteiger charge is -2.33. The quantitative estimate of drug-likeness (QED) is 0.368. The van der Waals surface area contributed by atoms with Gasteiger partial charge in [0.05, 0.1) is 18.4 Å². The number of carbonyl (C=O) groups excluding carboxylic acids is 2. The molecule has 0 spiro atoms. The Hall–Kier alpha value is -2.38. The Morgan fingerprint density at radius 2 is 1.79 bits per heavy atom. The van der Waals surface area contributed by atoms with Gasteiger partial charge in [0, 0.05) is 30.4 Å². The Bertz CT molecular complexity index is 860. The highest BCUT2D eigenvalue weighted by molar-refractivity contribution is 6.45. The number of ether oxygens (including phenoxy) is 1. The van der Waals surface area contributed by atoms with Gasteiger partial charge in [-0.15, -0.1) is 0 Å². The number of aliphatic carboxylic acids is 1. The van der Waals surface area contributed by atoms with Crippen molar-refractivity contribution in [1.82, 2.24) is 10.6 Å². The lowest BCUT2D eigenvalue weighted by Crippen LogP contribution is -2.49. The largest absolute Gasteiger partial charge is 0.481 e. The molecule has 188 valence electrons. The maximum Gasteiger partial charge on any atom is 0.309 e. The number of carboxylic acids is 1. The van der Waals surface area contributed by atoms with E-state index in [1.54, 1.807) is 14.0 Å². The van der Waals surface area contributed by atoms with Gasteiger partial charge in [0.25, 0.3) is 5.91 Å². The molecule has 3 saturated carbocycles. The Balaban J connectivity index is 1.56. The first-order valence-corrected chi connectivity index (χ1v) is 13.1. The molecule has 0 aliphatic heterocycles.